The zero-order chi connectivity index (χ0) is 12.8. The van der Waals surface area contributed by atoms with E-state index in [2.05, 4.69) is 53.2 Å². The number of nitrogens with two attached hydrogens (primary N) is 1. The van der Waals surface area contributed by atoms with Gasteiger partial charge in [0, 0.05) is 19.3 Å². The molecule has 0 unspecified atom stereocenters. The molecule has 94 valence electrons. The molecule has 1 aliphatic rings. The number of halogens is 1. The van der Waals surface area contributed by atoms with Crippen LogP contribution in [0.2, 0.25) is 0 Å². The number of hydrogen-bond donors (Lipinski definition) is 2. The highest BCUT2D eigenvalue weighted by atomic mass is 79.9. The molecule has 0 atom stereocenters. The Hall–Kier alpha value is -0.940. The smallest absolute Gasteiger partial charge is 0.0918 e. The summed E-state index contributed by atoms with van der Waals surface area (Å²) in [6.45, 7) is 7.63. The van der Waals surface area contributed by atoms with Gasteiger partial charge in [-0.15, -0.1) is 5.12 Å². The van der Waals surface area contributed by atoms with E-state index in [1.165, 1.54) is 0 Å². The predicted octanol–water partition coefficient (Wildman–Crippen LogP) is 3.07. The van der Waals surface area contributed by atoms with Gasteiger partial charge in [-0.3, -0.25) is 10.4 Å². The van der Waals surface area contributed by atoms with Crippen LogP contribution in [0.4, 0.5) is 17.1 Å². The average molecular weight is 299 g/mol. The number of fused-ring (bicyclic) bond motifs is 1. The fraction of sp³-hybridized carbons (Fsp3) is 0.500. The van der Waals surface area contributed by atoms with Crippen LogP contribution in [0.3, 0.4) is 0 Å². The molecule has 1 aromatic rings. The highest BCUT2D eigenvalue weighted by molar-refractivity contribution is 9.10. The van der Waals surface area contributed by atoms with Crippen molar-refractivity contribution in [1.82, 2.24) is 5.12 Å². The number of nitrogen functional groups attached to an aromatic ring is 1. The molecular weight excluding hydrogens is 280 g/mol. The van der Waals surface area contributed by atoms with Gasteiger partial charge in [-0.2, -0.15) is 0 Å². The van der Waals surface area contributed by atoms with Crippen molar-refractivity contribution in [1.29, 1.82) is 0 Å². The van der Waals surface area contributed by atoms with Crippen molar-refractivity contribution < 1.29 is 0 Å². The second kappa shape index (κ2) is 4.07. The number of benzene rings is 1. The lowest BCUT2D eigenvalue weighted by Gasteiger charge is -2.32. The summed E-state index contributed by atoms with van der Waals surface area (Å²) in [4.78, 5) is 0. The van der Waals surface area contributed by atoms with E-state index in [0.29, 0.717) is 0 Å². The van der Waals surface area contributed by atoms with Crippen LogP contribution in [-0.2, 0) is 0 Å². The normalized spacial score (nSPS) is 15.9. The molecular formula is C12H19BrN4. The maximum absolute atomic E-state index is 5.89. The first kappa shape index (κ1) is 12.5. The lowest BCUT2D eigenvalue weighted by atomic mass is 9.96. The van der Waals surface area contributed by atoms with E-state index >= 15 is 0 Å². The maximum atomic E-state index is 5.89. The van der Waals surface area contributed by atoms with E-state index in [-0.39, 0.29) is 5.41 Å². The number of hydrazine groups is 2. The molecule has 2 rings (SSSR count). The number of hydrogen-bond acceptors (Lipinski definition) is 4. The number of rotatable bonds is 1. The number of nitrogens with one attached hydrogen (secondary N) is 1. The van der Waals surface area contributed by atoms with Gasteiger partial charge in [0.2, 0.25) is 0 Å². The molecule has 0 aliphatic carbocycles. The van der Waals surface area contributed by atoms with E-state index in [0.717, 1.165) is 28.1 Å². The Morgan fingerprint density at radius 2 is 2.00 bits per heavy atom. The Bertz CT molecular complexity index is 439. The summed E-state index contributed by atoms with van der Waals surface area (Å²) in [5.74, 6) is 0. The van der Waals surface area contributed by atoms with Crippen LogP contribution in [0.1, 0.15) is 20.8 Å². The standard InChI is InChI=1S/C12H19BrN4/c1-12(2,3)7-17-9-6-5-8(14)10(13)11(9)15-16(17)4/h5-6,15H,7,14H2,1-4H3. The molecule has 3 N–H and O–H groups in total. The first-order valence-corrected chi connectivity index (χ1v) is 6.45. The molecule has 0 saturated carbocycles. The predicted molar refractivity (Wildman–Crippen MR) is 76.7 cm³/mol. The van der Waals surface area contributed by atoms with Crippen LogP contribution in [0.15, 0.2) is 16.6 Å². The summed E-state index contributed by atoms with van der Waals surface area (Å²) in [7, 11) is 2.01. The van der Waals surface area contributed by atoms with E-state index in [1.54, 1.807) is 0 Å². The fourth-order valence-corrected chi connectivity index (χ4v) is 2.35. The van der Waals surface area contributed by atoms with E-state index in [4.69, 9.17) is 5.73 Å². The highest BCUT2D eigenvalue weighted by Gasteiger charge is 2.29. The molecule has 4 nitrogen and oxygen atoms in total. The molecule has 0 saturated heterocycles. The Kier molecular flexibility index (Phi) is 2.99. The van der Waals surface area contributed by atoms with Gasteiger partial charge in [0.25, 0.3) is 0 Å². The van der Waals surface area contributed by atoms with Gasteiger partial charge >= 0.3 is 0 Å². The van der Waals surface area contributed by atoms with E-state index in [1.807, 2.05) is 18.2 Å². The summed E-state index contributed by atoms with van der Waals surface area (Å²) in [5.41, 5.74) is 12.4. The van der Waals surface area contributed by atoms with Gasteiger partial charge in [-0.05, 0) is 33.5 Å². The topological polar surface area (TPSA) is 44.5 Å². The van der Waals surface area contributed by atoms with E-state index < -0.39 is 0 Å². The highest BCUT2D eigenvalue weighted by Crippen LogP contribution is 2.42. The van der Waals surface area contributed by atoms with Crippen molar-refractivity contribution in [2.75, 3.05) is 29.8 Å². The SMILES string of the molecule is CN1Nc2c(ccc(N)c2Br)N1CC(C)(C)C. The minimum absolute atomic E-state index is 0.228. The van der Waals surface area contributed by atoms with Crippen molar-refractivity contribution >= 4 is 33.0 Å². The molecule has 1 aliphatic heterocycles. The summed E-state index contributed by atoms with van der Waals surface area (Å²) >= 11 is 3.52. The van der Waals surface area contributed by atoms with Crippen LogP contribution >= 0.6 is 15.9 Å². The van der Waals surface area contributed by atoms with Gasteiger partial charge in [-0.1, -0.05) is 20.8 Å². The van der Waals surface area contributed by atoms with Crippen molar-refractivity contribution in [3.05, 3.63) is 16.6 Å². The minimum Gasteiger partial charge on any atom is -0.398 e. The summed E-state index contributed by atoms with van der Waals surface area (Å²) in [6.07, 6.45) is 0. The lowest BCUT2D eigenvalue weighted by Crippen LogP contribution is -2.43. The molecule has 0 bridgehead atoms. The minimum atomic E-state index is 0.228. The molecule has 0 spiro atoms. The summed E-state index contributed by atoms with van der Waals surface area (Å²) in [6, 6.07) is 3.98. The molecule has 0 aromatic heterocycles. The van der Waals surface area contributed by atoms with Crippen molar-refractivity contribution in [2.24, 2.45) is 5.41 Å². The first-order valence-electron chi connectivity index (χ1n) is 5.65. The molecule has 1 heterocycles. The Balaban J connectivity index is 2.38. The van der Waals surface area contributed by atoms with Crippen molar-refractivity contribution in [2.45, 2.75) is 20.8 Å². The Morgan fingerprint density at radius 3 is 2.59 bits per heavy atom. The molecule has 0 radical (unpaired) electrons. The van der Waals surface area contributed by atoms with Crippen LogP contribution in [0.5, 0.6) is 0 Å². The van der Waals surface area contributed by atoms with Gasteiger partial charge in [0.05, 0.1) is 15.8 Å². The Morgan fingerprint density at radius 1 is 1.35 bits per heavy atom. The third kappa shape index (κ3) is 2.35. The molecule has 0 fully saturated rings. The quantitative estimate of drug-likeness (QED) is 0.782. The summed E-state index contributed by atoms with van der Waals surface area (Å²) in [5, 5.41) is 4.22. The van der Waals surface area contributed by atoms with E-state index in [9.17, 15) is 0 Å². The second-order valence-electron chi connectivity index (χ2n) is 5.62. The van der Waals surface area contributed by atoms with Crippen LogP contribution in [0.25, 0.3) is 0 Å². The van der Waals surface area contributed by atoms with Gasteiger partial charge in [-0.25, -0.2) is 0 Å². The second-order valence-corrected chi connectivity index (χ2v) is 6.41. The monoisotopic (exact) mass is 298 g/mol. The zero-order valence-corrected chi connectivity index (χ0v) is 12.3. The average Bonchev–Trinajstić information content (AvgIpc) is 2.49. The van der Waals surface area contributed by atoms with Crippen LogP contribution in [0, 0.1) is 5.41 Å². The number of anilines is 3. The molecule has 17 heavy (non-hydrogen) atoms. The third-order valence-electron chi connectivity index (χ3n) is 2.69. The summed E-state index contributed by atoms with van der Waals surface area (Å²) < 4.78 is 0.929. The maximum Gasteiger partial charge on any atom is 0.0918 e. The fourth-order valence-electron chi connectivity index (χ4n) is 1.93. The third-order valence-corrected chi connectivity index (χ3v) is 3.54. The Labute approximate surface area is 111 Å². The van der Waals surface area contributed by atoms with Gasteiger partial charge in [0.1, 0.15) is 0 Å². The zero-order valence-electron chi connectivity index (χ0n) is 10.7. The van der Waals surface area contributed by atoms with Gasteiger partial charge < -0.3 is 5.73 Å². The van der Waals surface area contributed by atoms with Gasteiger partial charge in [0.15, 0.2) is 0 Å². The largest absolute Gasteiger partial charge is 0.398 e. The lowest BCUT2D eigenvalue weighted by molar-refractivity contribution is 0.306. The molecule has 5 heteroatoms. The first-order chi connectivity index (χ1) is 7.79. The van der Waals surface area contributed by atoms with Crippen LogP contribution < -0.4 is 16.2 Å². The van der Waals surface area contributed by atoms with Crippen molar-refractivity contribution in [3.8, 4) is 0 Å². The number of nitrogens with zero attached hydrogens (tertiary/aromatic N) is 2. The molecule has 1 aromatic carbocycles. The van der Waals surface area contributed by atoms with Crippen LogP contribution in [-0.4, -0.2) is 18.7 Å². The van der Waals surface area contributed by atoms with Crippen molar-refractivity contribution in [3.63, 3.8) is 0 Å². The molecule has 0 amide bonds.